The molecule has 2 fully saturated rings. The lowest BCUT2D eigenvalue weighted by Gasteiger charge is -2.34. The van der Waals surface area contributed by atoms with E-state index in [9.17, 15) is 17.6 Å². The van der Waals surface area contributed by atoms with Crippen molar-refractivity contribution >= 4 is 15.9 Å². The van der Waals surface area contributed by atoms with Crippen LogP contribution in [0.25, 0.3) is 0 Å². The standard InChI is InChI=1S/C19H28FN3O4S/c1-21-28(25,26)16-2-3-18(20)17(14-16)19(24)23-8-5-15(6-9-23)4-7-22-10-12-27-13-11-22/h2-3,14-15,21H,4-13H2,1H3. The molecule has 1 aromatic carbocycles. The van der Waals surface area contributed by atoms with Gasteiger partial charge in [-0.15, -0.1) is 0 Å². The monoisotopic (exact) mass is 413 g/mol. The minimum absolute atomic E-state index is 0.111. The van der Waals surface area contributed by atoms with Gasteiger partial charge >= 0.3 is 0 Å². The number of hydrogen-bond donors (Lipinski definition) is 1. The van der Waals surface area contributed by atoms with Crippen LogP contribution < -0.4 is 4.72 Å². The van der Waals surface area contributed by atoms with Crippen molar-refractivity contribution in [3.05, 3.63) is 29.6 Å². The van der Waals surface area contributed by atoms with Crippen LogP contribution in [0.15, 0.2) is 23.1 Å². The van der Waals surface area contributed by atoms with Gasteiger partial charge in [0.1, 0.15) is 5.82 Å². The van der Waals surface area contributed by atoms with Gasteiger partial charge in [-0.1, -0.05) is 0 Å². The van der Waals surface area contributed by atoms with Crippen molar-refractivity contribution in [3.63, 3.8) is 0 Å². The zero-order valence-electron chi connectivity index (χ0n) is 16.2. The number of benzene rings is 1. The number of rotatable bonds is 6. The van der Waals surface area contributed by atoms with E-state index >= 15 is 0 Å². The predicted molar refractivity (Wildman–Crippen MR) is 103 cm³/mol. The number of piperidine rings is 1. The average Bonchev–Trinajstić information content (AvgIpc) is 2.73. The maximum Gasteiger partial charge on any atom is 0.256 e. The molecule has 9 heteroatoms. The van der Waals surface area contributed by atoms with Gasteiger partial charge in [0.2, 0.25) is 10.0 Å². The molecule has 0 spiro atoms. The van der Waals surface area contributed by atoms with Gasteiger partial charge in [0, 0.05) is 26.2 Å². The summed E-state index contributed by atoms with van der Waals surface area (Å²) in [6, 6.07) is 3.32. The Morgan fingerprint density at radius 3 is 2.54 bits per heavy atom. The molecule has 2 saturated heterocycles. The third-order valence-electron chi connectivity index (χ3n) is 5.61. The Morgan fingerprint density at radius 2 is 1.89 bits per heavy atom. The van der Waals surface area contributed by atoms with Gasteiger partial charge in [-0.2, -0.15) is 0 Å². The van der Waals surface area contributed by atoms with Crippen LogP contribution in [0.4, 0.5) is 4.39 Å². The number of sulfonamides is 1. The third-order valence-corrected chi connectivity index (χ3v) is 7.02. The van der Waals surface area contributed by atoms with Crippen LogP contribution in [0.1, 0.15) is 29.6 Å². The highest BCUT2D eigenvalue weighted by molar-refractivity contribution is 7.89. The molecule has 0 aliphatic carbocycles. The maximum atomic E-state index is 14.2. The summed E-state index contributed by atoms with van der Waals surface area (Å²) in [7, 11) is -2.45. The summed E-state index contributed by atoms with van der Waals surface area (Å²) >= 11 is 0. The lowest BCUT2D eigenvalue weighted by Crippen LogP contribution is -2.41. The van der Waals surface area contributed by atoms with Gasteiger partial charge in [-0.3, -0.25) is 9.69 Å². The fourth-order valence-electron chi connectivity index (χ4n) is 3.74. The largest absolute Gasteiger partial charge is 0.379 e. The molecule has 2 aliphatic heterocycles. The van der Waals surface area contributed by atoms with Gasteiger partial charge in [0.25, 0.3) is 5.91 Å². The average molecular weight is 414 g/mol. The van der Waals surface area contributed by atoms with Crippen LogP contribution in [0.5, 0.6) is 0 Å². The Hall–Kier alpha value is -1.55. The molecule has 156 valence electrons. The molecule has 2 aliphatic rings. The minimum atomic E-state index is -3.73. The molecule has 0 saturated carbocycles. The second kappa shape index (κ2) is 9.30. The fourth-order valence-corrected chi connectivity index (χ4v) is 4.49. The number of carbonyl (C=O) groups excluding carboxylic acids is 1. The molecule has 3 rings (SSSR count). The lowest BCUT2D eigenvalue weighted by molar-refractivity contribution is 0.0332. The van der Waals surface area contributed by atoms with Gasteiger partial charge in [-0.25, -0.2) is 17.5 Å². The fraction of sp³-hybridized carbons (Fsp3) is 0.632. The number of amides is 1. The van der Waals surface area contributed by atoms with Crippen molar-refractivity contribution in [2.75, 3.05) is 53.0 Å². The number of ether oxygens (including phenoxy) is 1. The van der Waals surface area contributed by atoms with Crippen molar-refractivity contribution in [2.45, 2.75) is 24.2 Å². The van der Waals surface area contributed by atoms with Crippen LogP contribution >= 0.6 is 0 Å². The molecule has 2 heterocycles. The molecular formula is C19H28FN3O4S. The van der Waals surface area contributed by atoms with E-state index in [4.69, 9.17) is 4.74 Å². The van der Waals surface area contributed by atoms with Crippen LogP contribution in [-0.4, -0.2) is 77.1 Å². The highest BCUT2D eigenvalue weighted by atomic mass is 32.2. The molecule has 0 bridgehead atoms. The van der Waals surface area contributed by atoms with E-state index in [0.717, 1.165) is 70.3 Å². The van der Waals surface area contributed by atoms with E-state index in [2.05, 4.69) is 9.62 Å². The molecule has 1 aromatic rings. The first-order valence-electron chi connectivity index (χ1n) is 9.73. The first-order chi connectivity index (χ1) is 13.4. The summed E-state index contributed by atoms with van der Waals surface area (Å²) in [5.74, 6) is -0.598. The normalized spacial score (nSPS) is 19.7. The number of nitrogens with zero attached hydrogens (tertiary/aromatic N) is 2. The topological polar surface area (TPSA) is 79.0 Å². The van der Waals surface area contributed by atoms with Crippen molar-refractivity contribution in [2.24, 2.45) is 5.92 Å². The van der Waals surface area contributed by atoms with E-state index in [1.54, 1.807) is 4.90 Å². The van der Waals surface area contributed by atoms with Crippen LogP contribution in [0.3, 0.4) is 0 Å². The van der Waals surface area contributed by atoms with Crippen molar-refractivity contribution in [3.8, 4) is 0 Å². The number of likely N-dealkylation sites (tertiary alicyclic amines) is 1. The maximum absolute atomic E-state index is 14.2. The minimum Gasteiger partial charge on any atom is -0.379 e. The summed E-state index contributed by atoms with van der Waals surface area (Å²) in [5, 5.41) is 0. The smallest absolute Gasteiger partial charge is 0.256 e. The molecule has 28 heavy (non-hydrogen) atoms. The summed E-state index contributed by atoms with van der Waals surface area (Å²) in [5.41, 5.74) is -0.192. The van der Waals surface area contributed by atoms with Crippen molar-refractivity contribution < 1.29 is 22.3 Å². The quantitative estimate of drug-likeness (QED) is 0.761. The predicted octanol–water partition coefficient (Wildman–Crippen LogP) is 1.31. The highest BCUT2D eigenvalue weighted by Crippen LogP contribution is 2.24. The summed E-state index contributed by atoms with van der Waals surface area (Å²) in [6.07, 6.45) is 2.85. The van der Waals surface area contributed by atoms with Gasteiger partial charge in [0.15, 0.2) is 0 Å². The first-order valence-corrected chi connectivity index (χ1v) is 11.2. The Morgan fingerprint density at radius 1 is 1.21 bits per heavy atom. The van der Waals surface area contributed by atoms with Crippen molar-refractivity contribution in [1.29, 1.82) is 0 Å². The first kappa shape index (κ1) is 21.2. The molecular weight excluding hydrogens is 385 g/mol. The van der Waals surface area contributed by atoms with Gasteiger partial charge in [-0.05, 0) is 57.0 Å². The molecule has 0 radical (unpaired) electrons. The lowest BCUT2D eigenvalue weighted by atomic mass is 9.93. The number of halogens is 1. The Balaban J connectivity index is 1.57. The Kier molecular flexibility index (Phi) is 7.03. The highest BCUT2D eigenvalue weighted by Gasteiger charge is 2.27. The zero-order valence-corrected chi connectivity index (χ0v) is 17.0. The summed E-state index contributed by atoms with van der Waals surface area (Å²) in [4.78, 5) is 16.7. The second-order valence-electron chi connectivity index (χ2n) is 7.33. The van der Waals surface area contributed by atoms with Crippen LogP contribution in [-0.2, 0) is 14.8 Å². The van der Waals surface area contributed by atoms with Crippen LogP contribution in [0, 0.1) is 11.7 Å². The Labute approximate surface area is 165 Å². The number of hydrogen-bond acceptors (Lipinski definition) is 5. The van der Waals surface area contributed by atoms with E-state index in [0.29, 0.717) is 19.0 Å². The zero-order chi connectivity index (χ0) is 20.1. The molecule has 0 aromatic heterocycles. The van der Waals surface area contributed by atoms with Gasteiger partial charge < -0.3 is 9.64 Å². The van der Waals surface area contributed by atoms with E-state index in [1.165, 1.54) is 7.05 Å². The molecule has 1 N–H and O–H groups in total. The Bertz CT molecular complexity index is 788. The van der Waals surface area contributed by atoms with Crippen LogP contribution in [0.2, 0.25) is 0 Å². The number of nitrogens with one attached hydrogen (secondary N) is 1. The SMILES string of the molecule is CNS(=O)(=O)c1ccc(F)c(C(=O)N2CCC(CCN3CCOCC3)CC2)c1. The number of carbonyl (C=O) groups is 1. The molecule has 0 unspecified atom stereocenters. The second-order valence-corrected chi connectivity index (χ2v) is 9.21. The van der Waals surface area contributed by atoms with E-state index in [1.807, 2.05) is 0 Å². The molecule has 1 amide bonds. The van der Waals surface area contributed by atoms with E-state index in [-0.39, 0.29) is 10.5 Å². The number of morpholine rings is 1. The summed E-state index contributed by atoms with van der Waals surface area (Å²) in [6.45, 7) is 5.71. The molecule has 7 nitrogen and oxygen atoms in total. The molecule has 0 atom stereocenters. The van der Waals surface area contributed by atoms with Gasteiger partial charge in [0.05, 0.1) is 23.7 Å². The summed E-state index contributed by atoms with van der Waals surface area (Å²) < 4.78 is 45.6. The van der Waals surface area contributed by atoms with E-state index < -0.39 is 21.7 Å². The third kappa shape index (κ3) is 5.08. The van der Waals surface area contributed by atoms with Crippen molar-refractivity contribution in [1.82, 2.24) is 14.5 Å².